The van der Waals surface area contributed by atoms with Crippen LogP contribution in [-0.4, -0.2) is 26.3 Å². The van der Waals surface area contributed by atoms with Crippen LogP contribution in [0.1, 0.15) is 17.3 Å². The molecule has 0 radical (unpaired) electrons. The number of ketones is 1. The minimum Gasteiger partial charge on any atom is -0.461 e. The Labute approximate surface area is 136 Å². The summed E-state index contributed by atoms with van der Waals surface area (Å²) in [5.41, 5.74) is 0.479. The molecule has 0 bridgehead atoms. The third-order valence-corrected chi connectivity index (χ3v) is 4.24. The van der Waals surface area contributed by atoms with Gasteiger partial charge in [0.2, 0.25) is 0 Å². The molecule has 0 fully saturated rings. The van der Waals surface area contributed by atoms with Crippen LogP contribution >= 0.6 is 11.8 Å². The van der Waals surface area contributed by atoms with E-state index >= 15 is 0 Å². The summed E-state index contributed by atoms with van der Waals surface area (Å²) >= 11 is 1.30. The van der Waals surface area contributed by atoms with Crippen molar-refractivity contribution >= 4 is 17.5 Å². The van der Waals surface area contributed by atoms with E-state index in [0.717, 1.165) is 0 Å². The third-order valence-electron chi connectivity index (χ3n) is 3.27. The summed E-state index contributed by atoms with van der Waals surface area (Å²) in [5, 5.41) is 8.90. The topological polar surface area (TPSA) is 60.9 Å². The van der Waals surface area contributed by atoms with Crippen LogP contribution in [0, 0.1) is 5.82 Å². The maximum atomic E-state index is 12.9. The van der Waals surface area contributed by atoms with Gasteiger partial charge in [-0.15, -0.1) is 10.2 Å². The van der Waals surface area contributed by atoms with Crippen molar-refractivity contribution in [2.75, 3.05) is 5.75 Å². The number of hydrogen-bond donors (Lipinski definition) is 0. The Morgan fingerprint density at radius 1 is 1.26 bits per heavy atom. The smallest absolute Gasteiger partial charge is 0.200 e. The number of furan rings is 1. The van der Waals surface area contributed by atoms with E-state index < -0.39 is 0 Å². The monoisotopic (exact) mass is 331 g/mol. The lowest BCUT2D eigenvalue weighted by Gasteiger charge is -2.05. The van der Waals surface area contributed by atoms with Gasteiger partial charge in [0.15, 0.2) is 22.5 Å². The lowest BCUT2D eigenvalue weighted by atomic mass is 10.1. The molecule has 2 aromatic heterocycles. The Balaban J connectivity index is 1.73. The molecule has 3 rings (SSSR count). The molecule has 118 valence electrons. The first-order valence-electron chi connectivity index (χ1n) is 7.07. The predicted molar refractivity (Wildman–Crippen MR) is 84.9 cm³/mol. The molecule has 0 spiro atoms. The Hall–Kier alpha value is -2.41. The van der Waals surface area contributed by atoms with E-state index in [1.165, 1.54) is 36.0 Å². The molecule has 0 N–H and O–H groups in total. The Bertz CT molecular complexity index is 797. The number of benzene rings is 1. The predicted octanol–water partition coefficient (Wildman–Crippen LogP) is 3.67. The van der Waals surface area contributed by atoms with Gasteiger partial charge in [-0.2, -0.15) is 0 Å². The number of carbonyl (C=O) groups is 1. The molecule has 0 atom stereocenters. The first-order chi connectivity index (χ1) is 11.2. The number of Topliss-reactive ketones (excluding diaryl/α,β-unsaturated/α-hetero) is 1. The third kappa shape index (κ3) is 3.34. The van der Waals surface area contributed by atoms with Crippen LogP contribution in [0.25, 0.3) is 11.6 Å². The van der Waals surface area contributed by atoms with Crippen LogP contribution in [0.15, 0.2) is 52.2 Å². The number of thioether (sulfide) groups is 1. The Morgan fingerprint density at radius 3 is 2.70 bits per heavy atom. The number of rotatable bonds is 6. The number of carbonyl (C=O) groups excluding carboxylic acids is 1. The minimum atomic E-state index is -0.358. The molecule has 0 aliphatic rings. The second kappa shape index (κ2) is 6.78. The maximum Gasteiger partial charge on any atom is 0.200 e. The molecule has 0 aliphatic carbocycles. The van der Waals surface area contributed by atoms with Crippen molar-refractivity contribution in [2.45, 2.75) is 18.6 Å². The lowest BCUT2D eigenvalue weighted by molar-refractivity contribution is 0.102. The Morgan fingerprint density at radius 2 is 2.04 bits per heavy atom. The SMILES string of the molecule is CCn1c(SCC(=O)c2ccc(F)cc2)nnc1-c1ccco1. The van der Waals surface area contributed by atoms with Gasteiger partial charge in [-0.3, -0.25) is 9.36 Å². The van der Waals surface area contributed by atoms with Crippen molar-refractivity contribution in [3.63, 3.8) is 0 Å². The first-order valence-corrected chi connectivity index (χ1v) is 8.06. The molecular weight excluding hydrogens is 317 g/mol. The van der Waals surface area contributed by atoms with E-state index in [0.29, 0.717) is 28.8 Å². The van der Waals surface area contributed by atoms with Crippen molar-refractivity contribution in [1.29, 1.82) is 0 Å². The summed E-state index contributed by atoms with van der Waals surface area (Å²) in [6, 6.07) is 9.13. The zero-order valence-corrected chi connectivity index (χ0v) is 13.2. The molecule has 0 saturated heterocycles. The standard InChI is InChI=1S/C16H14FN3O2S/c1-2-20-15(14-4-3-9-22-14)18-19-16(20)23-10-13(21)11-5-7-12(17)8-6-11/h3-9H,2,10H2,1H3. The van der Waals surface area contributed by atoms with Crippen LogP contribution in [0.2, 0.25) is 0 Å². The maximum absolute atomic E-state index is 12.9. The molecule has 0 amide bonds. The van der Waals surface area contributed by atoms with Crippen LogP contribution < -0.4 is 0 Å². The van der Waals surface area contributed by atoms with E-state index in [4.69, 9.17) is 4.42 Å². The summed E-state index contributed by atoms with van der Waals surface area (Å²) in [4.78, 5) is 12.1. The number of halogens is 1. The Kier molecular flexibility index (Phi) is 4.57. The van der Waals surface area contributed by atoms with Crippen molar-refractivity contribution in [3.05, 3.63) is 54.0 Å². The second-order valence-corrected chi connectivity index (χ2v) is 5.69. The largest absolute Gasteiger partial charge is 0.461 e. The van der Waals surface area contributed by atoms with Gasteiger partial charge in [-0.25, -0.2) is 4.39 Å². The summed E-state index contributed by atoms with van der Waals surface area (Å²) in [6.07, 6.45) is 1.58. The van der Waals surface area contributed by atoms with Crippen molar-refractivity contribution in [2.24, 2.45) is 0 Å². The summed E-state index contributed by atoms with van der Waals surface area (Å²) in [5.74, 6) is 1.04. The number of nitrogens with zero attached hydrogens (tertiary/aromatic N) is 3. The molecule has 23 heavy (non-hydrogen) atoms. The highest BCUT2D eigenvalue weighted by molar-refractivity contribution is 7.99. The average Bonchev–Trinajstić information content (AvgIpc) is 3.22. The lowest BCUT2D eigenvalue weighted by Crippen LogP contribution is -2.05. The highest BCUT2D eigenvalue weighted by Crippen LogP contribution is 2.24. The van der Waals surface area contributed by atoms with Crippen molar-refractivity contribution in [3.8, 4) is 11.6 Å². The van der Waals surface area contributed by atoms with Gasteiger partial charge in [-0.05, 0) is 43.3 Å². The molecule has 5 nitrogen and oxygen atoms in total. The second-order valence-electron chi connectivity index (χ2n) is 4.75. The fourth-order valence-electron chi connectivity index (χ4n) is 2.12. The summed E-state index contributed by atoms with van der Waals surface area (Å²) in [7, 11) is 0. The average molecular weight is 331 g/mol. The van der Waals surface area contributed by atoms with E-state index in [1.54, 1.807) is 12.3 Å². The van der Waals surface area contributed by atoms with Crippen LogP contribution in [0.4, 0.5) is 4.39 Å². The van der Waals surface area contributed by atoms with E-state index in [1.807, 2.05) is 17.6 Å². The number of hydrogen-bond acceptors (Lipinski definition) is 5. The zero-order valence-electron chi connectivity index (χ0n) is 12.4. The normalized spacial score (nSPS) is 10.9. The van der Waals surface area contributed by atoms with E-state index in [2.05, 4.69) is 10.2 Å². The quantitative estimate of drug-likeness (QED) is 0.509. The zero-order chi connectivity index (χ0) is 16.2. The van der Waals surface area contributed by atoms with Gasteiger partial charge < -0.3 is 4.42 Å². The minimum absolute atomic E-state index is 0.0831. The number of aromatic nitrogens is 3. The van der Waals surface area contributed by atoms with Gasteiger partial charge in [0.1, 0.15) is 5.82 Å². The molecule has 2 heterocycles. The summed E-state index contributed by atoms with van der Waals surface area (Å²) in [6.45, 7) is 2.64. The van der Waals surface area contributed by atoms with Crippen LogP contribution in [0.3, 0.4) is 0 Å². The van der Waals surface area contributed by atoms with E-state index in [9.17, 15) is 9.18 Å². The fourth-order valence-corrected chi connectivity index (χ4v) is 3.01. The summed E-state index contributed by atoms with van der Waals surface area (Å²) < 4.78 is 20.1. The molecule has 0 aliphatic heterocycles. The molecule has 7 heteroatoms. The van der Waals surface area contributed by atoms with Gasteiger partial charge in [0.05, 0.1) is 12.0 Å². The van der Waals surface area contributed by atoms with E-state index in [-0.39, 0.29) is 17.4 Å². The van der Waals surface area contributed by atoms with Crippen molar-refractivity contribution < 1.29 is 13.6 Å². The van der Waals surface area contributed by atoms with Crippen LogP contribution in [-0.2, 0) is 6.54 Å². The van der Waals surface area contributed by atoms with Gasteiger partial charge in [-0.1, -0.05) is 11.8 Å². The molecule has 0 saturated carbocycles. The van der Waals surface area contributed by atoms with Gasteiger partial charge >= 0.3 is 0 Å². The highest BCUT2D eigenvalue weighted by Gasteiger charge is 2.16. The first kappa shape index (κ1) is 15.5. The van der Waals surface area contributed by atoms with Crippen molar-refractivity contribution in [1.82, 2.24) is 14.8 Å². The molecule has 3 aromatic rings. The molecule has 0 unspecified atom stereocenters. The van der Waals surface area contributed by atoms with Crippen LogP contribution in [0.5, 0.6) is 0 Å². The van der Waals surface area contributed by atoms with Gasteiger partial charge in [0.25, 0.3) is 0 Å². The fraction of sp³-hybridized carbons (Fsp3) is 0.188. The highest BCUT2D eigenvalue weighted by atomic mass is 32.2. The molecule has 1 aromatic carbocycles. The molecular formula is C16H14FN3O2S. The van der Waals surface area contributed by atoms with Gasteiger partial charge in [0, 0.05) is 12.1 Å².